The summed E-state index contributed by atoms with van der Waals surface area (Å²) in [5.74, 6) is 3.24. The third-order valence-corrected chi connectivity index (χ3v) is 2.50. The van der Waals surface area contributed by atoms with Crippen molar-refractivity contribution in [2.75, 3.05) is 17.2 Å². The zero-order chi connectivity index (χ0) is 11.7. The number of terminal acetylenes is 1. The summed E-state index contributed by atoms with van der Waals surface area (Å²) in [6, 6.07) is 1.73. The minimum atomic E-state index is -0.0380. The van der Waals surface area contributed by atoms with E-state index in [1.165, 1.54) is 0 Å². The van der Waals surface area contributed by atoms with E-state index in [2.05, 4.69) is 15.9 Å². The third-order valence-electron chi connectivity index (χ3n) is 2.50. The fourth-order valence-corrected chi connectivity index (χ4v) is 1.75. The Morgan fingerprint density at radius 1 is 1.62 bits per heavy atom. The van der Waals surface area contributed by atoms with Crippen molar-refractivity contribution in [3.05, 3.63) is 11.8 Å². The van der Waals surface area contributed by atoms with Crippen LogP contribution in [0.2, 0.25) is 0 Å². The highest BCUT2D eigenvalue weighted by Crippen LogP contribution is 2.23. The van der Waals surface area contributed by atoms with E-state index in [0.29, 0.717) is 18.8 Å². The second-order valence-electron chi connectivity index (χ2n) is 3.80. The van der Waals surface area contributed by atoms with E-state index in [9.17, 15) is 4.79 Å². The van der Waals surface area contributed by atoms with Crippen molar-refractivity contribution in [3.63, 3.8) is 0 Å². The Hall–Kier alpha value is -2.09. The van der Waals surface area contributed by atoms with Gasteiger partial charge in [-0.25, -0.2) is 4.98 Å². The van der Waals surface area contributed by atoms with Crippen LogP contribution in [0.3, 0.4) is 0 Å². The van der Waals surface area contributed by atoms with Crippen LogP contribution in [0.15, 0.2) is 6.07 Å². The van der Waals surface area contributed by atoms with Gasteiger partial charge < -0.3 is 5.73 Å². The van der Waals surface area contributed by atoms with Crippen LogP contribution in [0.5, 0.6) is 0 Å². The molecule has 0 radical (unpaired) electrons. The van der Waals surface area contributed by atoms with Crippen molar-refractivity contribution in [2.45, 2.75) is 13.3 Å². The van der Waals surface area contributed by atoms with E-state index in [4.69, 9.17) is 12.2 Å². The second-order valence-corrected chi connectivity index (χ2v) is 3.80. The Morgan fingerprint density at radius 3 is 2.94 bits per heavy atom. The fourth-order valence-electron chi connectivity index (χ4n) is 1.75. The normalized spacial score (nSPS) is 19.9. The lowest BCUT2D eigenvalue weighted by Crippen LogP contribution is -2.26. The number of aromatic nitrogens is 2. The van der Waals surface area contributed by atoms with Gasteiger partial charge >= 0.3 is 0 Å². The van der Waals surface area contributed by atoms with Gasteiger partial charge in [0.25, 0.3) is 0 Å². The Morgan fingerprint density at radius 2 is 2.38 bits per heavy atom. The molecule has 82 valence electrons. The first kappa shape index (κ1) is 10.4. The topological polar surface area (TPSA) is 72.1 Å². The number of hydrogen-bond acceptors (Lipinski definition) is 4. The van der Waals surface area contributed by atoms with Crippen LogP contribution in [-0.4, -0.2) is 22.4 Å². The SMILES string of the molecule is C#CC1CC(=O)N(c2cc(C)nc(N)n2)C1. The molecule has 1 amide bonds. The summed E-state index contributed by atoms with van der Waals surface area (Å²) in [7, 11) is 0. The smallest absolute Gasteiger partial charge is 0.229 e. The monoisotopic (exact) mass is 216 g/mol. The number of nitrogen functional groups attached to an aromatic ring is 1. The van der Waals surface area contributed by atoms with Crippen molar-refractivity contribution in [1.29, 1.82) is 0 Å². The molecule has 2 N–H and O–H groups in total. The summed E-state index contributed by atoms with van der Waals surface area (Å²) in [6.45, 7) is 2.31. The molecule has 0 bridgehead atoms. The maximum atomic E-state index is 11.7. The number of carbonyl (C=O) groups excluding carboxylic acids is 1. The molecule has 5 heteroatoms. The summed E-state index contributed by atoms with van der Waals surface area (Å²) in [4.78, 5) is 21.3. The number of carbonyl (C=O) groups is 1. The molecule has 1 aliphatic heterocycles. The van der Waals surface area contributed by atoms with E-state index >= 15 is 0 Å². The van der Waals surface area contributed by atoms with E-state index in [-0.39, 0.29) is 17.8 Å². The van der Waals surface area contributed by atoms with Crippen molar-refractivity contribution in [1.82, 2.24) is 9.97 Å². The van der Waals surface area contributed by atoms with Crippen molar-refractivity contribution < 1.29 is 4.79 Å². The quantitative estimate of drug-likeness (QED) is 0.688. The highest BCUT2D eigenvalue weighted by atomic mass is 16.2. The number of nitrogens with two attached hydrogens (primary N) is 1. The molecular formula is C11H12N4O. The summed E-state index contributed by atoms with van der Waals surface area (Å²) in [5.41, 5.74) is 6.27. The Labute approximate surface area is 93.7 Å². The van der Waals surface area contributed by atoms with E-state index < -0.39 is 0 Å². The molecule has 5 nitrogen and oxygen atoms in total. The standard InChI is InChI=1S/C11H12N4O/c1-3-8-5-10(16)15(6-8)9-4-7(2)13-11(12)14-9/h1,4,8H,5-6H2,2H3,(H2,12,13,14). The van der Waals surface area contributed by atoms with Crippen LogP contribution in [0.4, 0.5) is 11.8 Å². The fraction of sp³-hybridized carbons (Fsp3) is 0.364. The molecule has 1 fully saturated rings. The molecule has 0 saturated carbocycles. The molecule has 0 aromatic carbocycles. The van der Waals surface area contributed by atoms with E-state index in [0.717, 1.165) is 5.69 Å². The van der Waals surface area contributed by atoms with Crippen molar-refractivity contribution in [3.8, 4) is 12.3 Å². The van der Waals surface area contributed by atoms with Gasteiger partial charge in [0.2, 0.25) is 11.9 Å². The van der Waals surface area contributed by atoms with E-state index in [1.54, 1.807) is 17.9 Å². The second kappa shape index (κ2) is 3.81. The molecular weight excluding hydrogens is 204 g/mol. The van der Waals surface area contributed by atoms with E-state index in [1.807, 2.05) is 0 Å². The number of amides is 1. The molecule has 1 aromatic heterocycles. The zero-order valence-corrected chi connectivity index (χ0v) is 8.97. The molecule has 1 aliphatic rings. The van der Waals surface area contributed by atoms with Gasteiger partial charge in [-0.2, -0.15) is 4.98 Å². The first-order chi connectivity index (χ1) is 7.60. The van der Waals surface area contributed by atoms with Gasteiger partial charge in [0.15, 0.2) is 0 Å². The van der Waals surface area contributed by atoms with Crippen LogP contribution < -0.4 is 10.6 Å². The molecule has 1 unspecified atom stereocenters. The highest BCUT2D eigenvalue weighted by Gasteiger charge is 2.30. The predicted octanol–water partition coefficient (Wildman–Crippen LogP) is 0.353. The van der Waals surface area contributed by atoms with Gasteiger partial charge in [0.05, 0.1) is 0 Å². The third kappa shape index (κ3) is 1.82. The number of anilines is 2. The van der Waals surface area contributed by atoms with Gasteiger partial charge in [-0.15, -0.1) is 12.3 Å². The number of rotatable bonds is 1. The molecule has 16 heavy (non-hydrogen) atoms. The Bertz CT molecular complexity index is 457. The average Bonchev–Trinajstić information content (AvgIpc) is 2.58. The van der Waals surface area contributed by atoms with Crippen LogP contribution in [-0.2, 0) is 4.79 Å². The Kier molecular flexibility index (Phi) is 2.49. The summed E-state index contributed by atoms with van der Waals surface area (Å²) < 4.78 is 0. The van der Waals surface area contributed by atoms with Crippen LogP contribution in [0.1, 0.15) is 12.1 Å². The summed E-state index contributed by atoms with van der Waals surface area (Å²) in [6.07, 6.45) is 5.68. The Balaban J connectivity index is 2.32. The van der Waals surface area contributed by atoms with Gasteiger partial charge in [-0.3, -0.25) is 9.69 Å². The molecule has 0 spiro atoms. The first-order valence-electron chi connectivity index (χ1n) is 4.98. The number of nitrogens with zero attached hydrogens (tertiary/aromatic N) is 3. The number of aryl methyl sites for hydroxylation is 1. The summed E-state index contributed by atoms with van der Waals surface area (Å²) in [5, 5.41) is 0. The van der Waals surface area contributed by atoms with Crippen molar-refractivity contribution >= 4 is 17.7 Å². The van der Waals surface area contributed by atoms with Crippen molar-refractivity contribution in [2.24, 2.45) is 5.92 Å². The maximum absolute atomic E-state index is 11.7. The minimum Gasteiger partial charge on any atom is -0.368 e. The molecule has 1 atom stereocenters. The molecule has 1 aromatic rings. The maximum Gasteiger partial charge on any atom is 0.229 e. The van der Waals surface area contributed by atoms with Crippen LogP contribution >= 0.6 is 0 Å². The number of hydrogen-bond donors (Lipinski definition) is 1. The average molecular weight is 216 g/mol. The highest BCUT2D eigenvalue weighted by molar-refractivity contribution is 5.95. The molecule has 0 aliphatic carbocycles. The summed E-state index contributed by atoms with van der Waals surface area (Å²) >= 11 is 0. The van der Waals surface area contributed by atoms with Gasteiger partial charge in [0.1, 0.15) is 5.82 Å². The lowest BCUT2D eigenvalue weighted by molar-refractivity contribution is -0.117. The minimum absolute atomic E-state index is 0.0135. The van der Waals surface area contributed by atoms with Crippen LogP contribution in [0, 0.1) is 25.2 Å². The first-order valence-corrected chi connectivity index (χ1v) is 4.98. The van der Waals surface area contributed by atoms with Gasteiger partial charge in [-0.05, 0) is 6.92 Å². The van der Waals surface area contributed by atoms with Gasteiger partial charge in [-0.1, -0.05) is 0 Å². The molecule has 2 rings (SSSR count). The zero-order valence-electron chi connectivity index (χ0n) is 8.97. The molecule has 1 saturated heterocycles. The van der Waals surface area contributed by atoms with Gasteiger partial charge in [0, 0.05) is 30.6 Å². The molecule has 2 heterocycles. The predicted molar refractivity (Wildman–Crippen MR) is 60.5 cm³/mol. The lowest BCUT2D eigenvalue weighted by atomic mass is 10.1. The largest absolute Gasteiger partial charge is 0.368 e. The lowest BCUT2D eigenvalue weighted by Gasteiger charge is -2.15. The van der Waals surface area contributed by atoms with Crippen LogP contribution in [0.25, 0.3) is 0 Å².